The molecule has 0 aliphatic rings. The highest BCUT2D eigenvalue weighted by molar-refractivity contribution is 5.33. The molecule has 0 radical (unpaired) electrons. The average Bonchev–Trinajstić information content (AvgIpc) is 2.21. The van der Waals surface area contributed by atoms with E-state index >= 15 is 0 Å². The first kappa shape index (κ1) is 11.5. The number of nitriles is 1. The largest absolute Gasteiger partial charge is 0.494 e. The molecule has 0 aliphatic carbocycles. The molecule has 0 bridgehead atoms. The minimum atomic E-state index is -0.614. The zero-order valence-corrected chi connectivity index (χ0v) is 8.81. The van der Waals surface area contributed by atoms with Crippen molar-refractivity contribution >= 4 is 0 Å². The lowest BCUT2D eigenvalue weighted by Crippen LogP contribution is -2.10. The van der Waals surface area contributed by atoms with Crippen LogP contribution >= 0.6 is 0 Å². The van der Waals surface area contributed by atoms with Crippen molar-refractivity contribution in [3.63, 3.8) is 0 Å². The van der Waals surface area contributed by atoms with Gasteiger partial charge in [0.1, 0.15) is 5.75 Å². The van der Waals surface area contributed by atoms with E-state index in [0.29, 0.717) is 13.0 Å². The molecule has 0 heterocycles. The van der Waals surface area contributed by atoms with E-state index < -0.39 is 6.10 Å². The maximum Gasteiger partial charge on any atom is 0.122 e. The summed E-state index contributed by atoms with van der Waals surface area (Å²) >= 11 is 0. The summed E-state index contributed by atoms with van der Waals surface area (Å²) in [5.74, 6) is 0.789. The van der Waals surface area contributed by atoms with E-state index in [1.165, 1.54) is 0 Å². The zero-order chi connectivity index (χ0) is 11.1. The minimum Gasteiger partial charge on any atom is -0.494 e. The third kappa shape index (κ3) is 3.61. The smallest absolute Gasteiger partial charge is 0.122 e. The zero-order valence-electron chi connectivity index (χ0n) is 8.81. The van der Waals surface area contributed by atoms with Gasteiger partial charge >= 0.3 is 0 Å². The van der Waals surface area contributed by atoms with E-state index in [1.54, 1.807) is 0 Å². The molecule has 1 atom stereocenters. The summed E-state index contributed by atoms with van der Waals surface area (Å²) in [5, 5.41) is 18.0. The van der Waals surface area contributed by atoms with Gasteiger partial charge in [-0.3, -0.25) is 0 Å². The third-order valence-electron chi connectivity index (χ3n) is 2.05. The van der Waals surface area contributed by atoms with Gasteiger partial charge in [0, 0.05) is 6.42 Å². The van der Waals surface area contributed by atoms with Crippen molar-refractivity contribution in [1.82, 2.24) is 0 Å². The van der Waals surface area contributed by atoms with Crippen molar-refractivity contribution in [2.75, 3.05) is 6.61 Å². The summed E-state index contributed by atoms with van der Waals surface area (Å²) in [5.41, 5.74) is 0.946. The maximum atomic E-state index is 9.52. The van der Waals surface area contributed by atoms with Crippen LogP contribution in [0.1, 0.15) is 18.9 Å². The van der Waals surface area contributed by atoms with Gasteiger partial charge in [-0.05, 0) is 18.6 Å². The summed E-state index contributed by atoms with van der Waals surface area (Å²) in [6, 6.07) is 9.52. The molecule has 1 unspecified atom stereocenters. The number of para-hydroxylation sites is 1. The van der Waals surface area contributed by atoms with Gasteiger partial charge in [0.15, 0.2) is 0 Å². The minimum absolute atomic E-state index is 0.153. The van der Waals surface area contributed by atoms with Crippen LogP contribution in [0.15, 0.2) is 24.3 Å². The van der Waals surface area contributed by atoms with Crippen molar-refractivity contribution < 1.29 is 9.84 Å². The Bertz CT molecular complexity index is 344. The molecule has 0 spiro atoms. The van der Waals surface area contributed by atoms with Gasteiger partial charge in [0.25, 0.3) is 0 Å². The van der Waals surface area contributed by atoms with Gasteiger partial charge in [-0.15, -0.1) is 0 Å². The predicted octanol–water partition coefficient (Wildman–Crippen LogP) is 1.90. The van der Waals surface area contributed by atoms with Crippen LogP contribution in [-0.2, 0) is 6.42 Å². The lowest BCUT2D eigenvalue weighted by molar-refractivity contribution is 0.178. The van der Waals surface area contributed by atoms with Crippen molar-refractivity contribution in [2.45, 2.75) is 25.9 Å². The average molecular weight is 205 g/mol. The molecule has 0 fully saturated rings. The van der Waals surface area contributed by atoms with E-state index in [9.17, 15) is 5.11 Å². The van der Waals surface area contributed by atoms with Crippen LogP contribution in [0.5, 0.6) is 5.75 Å². The highest BCUT2D eigenvalue weighted by Crippen LogP contribution is 2.20. The molecule has 0 aromatic heterocycles. The quantitative estimate of drug-likeness (QED) is 0.798. The van der Waals surface area contributed by atoms with Crippen LogP contribution in [0.4, 0.5) is 0 Å². The molecule has 1 aromatic rings. The fourth-order valence-electron chi connectivity index (χ4n) is 1.40. The van der Waals surface area contributed by atoms with E-state index in [2.05, 4.69) is 0 Å². The van der Waals surface area contributed by atoms with E-state index in [1.807, 2.05) is 37.3 Å². The van der Waals surface area contributed by atoms with E-state index in [0.717, 1.165) is 11.3 Å². The number of rotatable bonds is 5. The monoisotopic (exact) mass is 205 g/mol. The summed E-state index contributed by atoms with van der Waals surface area (Å²) < 4.78 is 5.42. The second-order valence-corrected chi connectivity index (χ2v) is 3.26. The molecule has 3 heteroatoms. The SMILES string of the molecule is CCOc1ccccc1CC(O)CC#N. The van der Waals surface area contributed by atoms with Crippen LogP contribution in [0.2, 0.25) is 0 Å². The Morgan fingerprint density at radius 1 is 1.47 bits per heavy atom. The summed E-state index contributed by atoms with van der Waals surface area (Å²) in [6.45, 7) is 2.52. The van der Waals surface area contributed by atoms with Gasteiger partial charge in [-0.25, -0.2) is 0 Å². The van der Waals surface area contributed by atoms with Gasteiger partial charge in [0.05, 0.1) is 25.2 Å². The standard InChI is InChI=1S/C12H15NO2/c1-2-15-12-6-4-3-5-10(12)9-11(14)7-8-13/h3-6,11,14H,2,7,9H2,1H3. The highest BCUT2D eigenvalue weighted by atomic mass is 16.5. The van der Waals surface area contributed by atoms with Crippen molar-refractivity contribution in [2.24, 2.45) is 0 Å². The second-order valence-electron chi connectivity index (χ2n) is 3.26. The second kappa shape index (κ2) is 6.05. The van der Waals surface area contributed by atoms with Crippen LogP contribution in [0, 0.1) is 11.3 Å². The molecule has 0 amide bonds. The Morgan fingerprint density at radius 2 is 2.20 bits per heavy atom. The molecule has 0 saturated carbocycles. The molecule has 15 heavy (non-hydrogen) atoms. The Hall–Kier alpha value is -1.53. The van der Waals surface area contributed by atoms with Crippen LogP contribution < -0.4 is 4.74 Å². The first-order chi connectivity index (χ1) is 7.27. The van der Waals surface area contributed by atoms with E-state index in [-0.39, 0.29) is 6.42 Å². The topological polar surface area (TPSA) is 53.2 Å². The molecule has 0 saturated heterocycles. The summed E-state index contributed by atoms with van der Waals surface area (Å²) in [6.07, 6.45) is 0.00102. The lowest BCUT2D eigenvalue weighted by atomic mass is 10.1. The van der Waals surface area contributed by atoms with Crippen molar-refractivity contribution in [3.05, 3.63) is 29.8 Å². The number of aliphatic hydroxyl groups excluding tert-OH is 1. The van der Waals surface area contributed by atoms with E-state index in [4.69, 9.17) is 10.00 Å². The molecule has 1 N–H and O–H groups in total. The number of hydrogen-bond acceptors (Lipinski definition) is 3. The first-order valence-electron chi connectivity index (χ1n) is 5.03. The number of aliphatic hydroxyl groups is 1. The third-order valence-corrected chi connectivity index (χ3v) is 2.05. The number of ether oxygens (including phenoxy) is 1. The summed E-state index contributed by atoms with van der Waals surface area (Å²) in [4.78, 5) is 0. The summed E-state index contributed by atoms with van der Waals surface area (Å²) in [7, 11) is 0. The molecule has 1 rings (SSSR count). The molecule has 0 aliphatic heterocycles. The Labute approximate surface area is 89.9 Å². The van der Waals surface area contributed by atoms with Crippen LogP contribution in [-0.4, -0.2) is 17.8 Å². The number of benzene rings is 1. The fraction of sp³-hybridized carbons (Fsp3) is 0.417. The fourth-order valence-corrected chi connectivity index (χ4v) is 1.40. The molecule has 80 valence electrons. The molecular weight excluding hydrogens is 190 g/mol. The first-order valence-corrected chi connectivity index (χ1v) is 5.03. The Balaban J connectivity index is 2.71. The Kier molecular flexibility index (Phi) is 4.65. The number of nitrogens with zero attached hydrogens (tertiary/aromatic N) is 1. The van der Waals surface area contributed by atoms with Crippen LogP contribution in [0.3, 0.4) is 0 Å². The predicted molar refractivity (Wildman–Crippen MR) is 57.6 cm³/mol. The Morgan fingerprint density at radius 3 is 2.87 bits per heavy atom. The molecular formula is C12H15NO2. The number of hydrogen-bond donors (Lipinski definition) is 1. The van der Waals surface area contributed by atoms with Gasteiger partial charge in [-0.1, -0.05) is 18.2 Å². The van der Waals surface area contributed by atoms with Gasteiger partial charge < -0.3 is 9.84 Å². The highest BCUT2D eigenvalue weighted by Gasteiger charge is 2.08. The maximum absolute atomic E-state index is 9.52. The normalized spacial score (nSPS) is 11.8. The van der Waals surface area contributed by atoms with Crippen molar-refractivity contribution in [1.29, 1.82) is 5.26 Å². The van der Waals surface area contributed by atoms with Crippen molar-refractivity contribution in [3.8, 4) is 11.8 Å². The van der Waals surface area contributed by atoms with Gasteiger partial charge in [0.2, 0.25) is 0 Å². The molecule has 3 nitrogen and oxygen atoms in total. The molecule has 1 aromatic carbocycles. The van der Waals surface area contributed by atoms with Gasteiger partial charge in [-0.2, -0.15) is 5.26 Å². The van der Waals surface area contributed by atoms with Crippen LogP contribution in [0.25, 0.3) is 0 Å². The lowest BCUT2D eigenvalue weighted by Gasteiger charge is -2.11.